The van der Waals surface area contributed by atoms with Gasteiger partial charge in [0.2, 0.25) is 5.90 Å². The third-order valence-corrected chi connectivity index (χ3v) is 3.11. The van der Waals surface area contributed by atoms with Crippen LogP contribution in [0.2, 0.25) is 0 Å². The molecule has 0 bridgehead atoms. The van der Waals surface area contributed by atoms with Crippen molar-refractivity contribution in [3.63, 3.8) is 0 Å². The van der Waals surface area contributed by atoms with E-state index in [-0.39, 0.29) is 19.1 Å². The van der Waals surface area contributed by atoms with E-state index in [1.807, 2.05) is 0 Å². The molecule has 0 aromatic carbocycles. The van der Waals surface area contributed by atoms with Crippen molar-refractivity contribution in [2.24, 2.45) is 4.99 Å². The van der Waals surface area contributed by atoms with Gasteiger partial charge in [0, 0.05) is 6.20 Å². The fourth-order valence-electron chi connectivity index (χ4n) is 2.24. The second-order valence-electron chi connectivity index (χ2n) is 4.24. The summed E-state index contributed by atoms with van der Waals surface area (Å²) < 4.78 is 16.0. The normalized spacial score (nSPS) is 44.1. The number of hydrogen-bond donors (Lipinski definition) is 2. The molecule has 0 radical (unpaired) electrons. The van der Waals surface area contributed by atoms with E-state index >= 15 is 0 Å². The number of aliphatic hydroxyl groups excluding tert-OH is 1. The van der Waals surface area contributed by atoms with Gasteiger partial charge in [-0.2, -0.15) is 0 Å². The number of nitrogens with zero attached hydrogens (tertiary/aromatic N) is 1. The van der Waals surface area contributed by atoms with Crippen LogP contribution in [0.3, 0.4) is 0 Å². The molecule has 0 aliphatic carbocycles. The highest BCUT2D eigenvalue weighted by atomic mass is 16.6. The van der Waals surface area contributed by atoms with Crippen LogP contribution >= 0.6 is 0 Å². The van der Waals surface area contributed by atoms with Crippen molar-refractivity contribution >= 4 is 5.90 Å². The Morgan fingerprint density at radius 3 is 3.12 bits per heavy atom. The first-order valence-corrected chi connectivity index (χ1v) is 5.42. The highest BCUT2D eigenvalue weighted by molar-refractivity contribution is 5.87. The molecular formula is C11H13NO5. The lowest BCUT2D eigenvalue weighted by Gasteiger charge is -2.26. The summed E-state index contributed by atoms with van der Waals surface area (Å²) in [5.74, 6) is 0.129. The zero-order valence-corrected chi connectivity index (χ0v) is 9.02. The average Bonchev–Trinajstić information content (AvgIpc) is 2.72. The summed E-state index contributed by atoms with van der Waals surface area (Å²) in [7, 11) is 0. The van der Waals surface area contributed by atoms with Crippen molar-refractivity contribution in [3.05, 3.63) is 24.6 Å². The van der Waals surface area contributed by atoms with Crippen molar-refractivity contribution in [3.8, 4) is 0 Å². The molecule has 2 N–H and O–H groups in total. The molecule has 0 spiro atoms. The smallest absolute Gasteiger partial charge is 0.231 e. The maximum atomic E-state index is 10.5. The van der Waals surface area contributed by atoms with Crippen molar-refractivity contribution in [2.75, 3.05) is 13.2 Å². The number of aliphatic imine (C=N–C) groups is 1. The molecule has 17 heavy (non-hydrogen) atoms. The Morgan fingerprint density at radius 1 is 1.35 bits per heavy atom. The summed E-state index contributed by atoms with van der Waals surface area (Å²) in [5.41, 5.74) is -1.44. The van der Waals surface area contributed by atoms with Crippen LogP contribution in [0.25, 0.3) is 0 Å². The molecule has 92 valence electrons. The van der Waals surface area contributed by atoms with Crippen LogP contribution in [0.15, 0.2) is 29.6 Å². The van der Waals surface area contributed by atoms with Gasteiger partial charge < -0.3 is 24.4 Å². The molecule has 2 fully saturated rings. The number of allylic oxidation sites excluding steroid dienone is 2. The molecule has 4 atom stereocenters. The second-order valence-corrected chi connectivity index (χ2v) is 4.24. The Balaban J connectivity index is 1.89. The highest BCUT2D eigenvalue weighted by Gasteiger charge is 2.59. The number of rotatable bonds is 1. The average molecular weight is 239 g/mol. The highest BCUT2D eigenvalue weighted by Crippen LogP contribution is 2.35. The summed E-state index contributed by atoms with van der Waals surface area (Å²) in [6.07, 6.45) is 4.42. The van der Waals surface area contributed by atoms with Crippen LogP contribution < -0.4 is 0 Å². The van der Waals surface area contributed by atoms with E-state index in [0.717, 1.165) is 0 Å². The molecule has 3 heterocycles. The van der Waals surface area contributed by atoms with Gasteiger partial charge in [0.15, 0.2) is 5.60 Å². The van der Waals surface area contributed by atoms with Crippen LogP contribution in [0.1, 0.15) is 0 Å². The molecule has 0 unspecified atom stereocenters. The van der Waals surface area contributed by atoms with Crippen LogP contribution in [0.4, 0.5) is 0 Å². The van der Waals surface area contributed by atoms with Crippen LogP contribution in [0.5, 0.6) is 0 Å². The summed E-state index contributed by atoms with van der Waals surface area (Å²) in [6.45, 7) is 0.149. The SMILES string of the molecule is O[C@@H]1CO[C@H]2[C@@H]1OC[C@]2(O)C1=NC=CC=CO1. The first kappa shape index (κ1) is 10.9. The maximum Gasteiger partial charge on any atom is 0.231 e. The number of hydrogen-bond acceptors (Lipinski definition) is 6. The van der Waals surface area contributed by atoms with E-state index in [2.05, 4.69) is 4.99 Å². The van der Waals surface area contributed by atoms with Crippen molar-refractivity contribution in [2.45, 2.75) is 23.9 Å². The largest absolute Gasteiger partial charge is 0.447 e. The van der Waals surface area contributed by atoms with Crippen LogP contribution in [-0.2, 0) is 14.2 Å². The van der Waals surface area contributed by atoms with Crippen LogP contribution in [0, 0.1) is 0 Å². The Morgan fingerprint density at radius 2 is 2.24 bits per heavy atom. The number of ether oxygens (including phenoxy) is 3. The summed E-state index contributed by atoms with van der Waals surface area (Å²) in [5, 5.41) is 20.2. The number of aliphatic hydroxyl groups is 2. The fraction of sp³-hybridized carbons (Fsp3) is 0.545. The first-order valence-electron chi connectivity index (χ1n) is 5.42. The molecule has 3 rings (SSSR count). The van der Waals surface area contributed by atoms with Crippen molar-refractivity contribution in [1.29, 1.82) is 0 Å². The molecule has 3 aliphatic rings. The predicted octanol–water partition coefficient (Wildman–Crippen LogP) is -0.668. The van der Waals surface area contributed by atoms with Gasteiger partial charge in [-0.15, -0.1) is 0 Å². The fourth-order valence-corrected chi connectivity index (χ4v) is 2.24. The van der Waals surface area contributed by atoms with Gasteiger partial charge in [-0.05, 0) is 12.2 Å². The van der Waals surface area contributed by atoms with E-state index in [4.69, 9.17) is 14.2 Å². The monoisotopic (exact) mass is 239 g/mol. The van der Waals surface area contributed by atoms with Crippen molar-refractivity contribution < 1.29 is 24.4 Å². The quantitative estimate of drug-likeness (QED) is 0.634. The van der Waals surface area contributed by atoms with Gasteiger partial charge in [-0.1, -0.05) is 0 Å². The minimum Gasteiger partial charge on any atom is -0.447 e. The Bertz CT molecular complexity index is 405. The zero-order valence-electron chi connectivity index (χ0n) is 9.02. The molecular weight excluding hydrogens is 226 g/mol. The van der Waals surface area contributed by atoms with Gasteiger partial charge in [0.25, 0.3) is 0 Å². The summed E-state index contributed by atoms with van der Waals surface area (Å²) in [4.78, 5) is 4.02. The Labute approximate surface area is 97.8 Å². The summed E-state index contributed by atoms with van der Waals surface area (Å²) in [6, 6.07) is 0. The van der Waals surface area contributed by atoms with E-state index in [0.29, 0.717) is 0 Å². The van der Waals surface area contributed by atoms with Gasteiger partial charge in [0.05, 0.1) is 19.5 Å². The second kappa shape index (κ2) is 3.92. The molecule has 6 nitrogen and oxygen atoms in total. The molecule has 0 aromatic rings. The lowest BCUT2D eigenvalue weighted by Crippen LogP contribution is -2.51. The van der Waals surface area contributed by atoms with Gasteiger partial charge in [-0.3, -0.25) is 0 Å². The third-order valence-electron chi connectivity index (χ3n) is 3.11. The molecule has 2 saturated heterocycles. The Hall–Kier alpha value is -1.21. The molecule has 3 aliphatic heterocycles. The molecule has 6 heteroatoms. The van der Waals surface area contributed by atoms with Gasteiger partial charge in [-0.25, -0.2) is 4.99 Å². The minimum atomic E-state index is -1.44. The van der Waals surface area contributed by atoms with Crippen molar-refractivity contribution in [1.82, 2.24) is 0 Å². The lowest BCUT2D eigenvalue weighted by atomic mass is 9.96. The van der Waals surface area contributed by atoms with E-state index in [1.54, 1.807) is 12.2 Å². The Kier molecular flexibility index (Phi) is 2.52. The number of fused-ring (bicyclic) bond motifs is 1. The summed E-state index contributed by atoms with van der Waals surface area (Å²) >= 11 is 0. The molecule has 0 saturated carbocycles. The minimum absolute atomic E-state index is 0.0000926. The first-order chi connectivity index (χ1) is 8.22. The standard InChI is InChI=1S/C11H13NO5/c13-7-5-16-9-8(7)17-6-11(9,14)10-12-3-1-2-4-15-10/h1-4,7-9,13-14H,5-6H2/t7-,8-,9+,11-/m1/s1. The molecule has 0 aromatic heterocycles. The zero-order chi connectivity index (χ0) is 11.9. The van der Waals surface area contributed by atoms with Crippen LogP contribution in [-0.4, -0.2) is 53.2 Å². The van der Waals surface area contributed by atoms with E-state index in [1.165, 1.54) is 12.5 Å². The van der Waals surface area contributed by atoms with Gasteiger partial charge >= 0.3 is 0 Å². The lowest BCUT2D eigenvalue weighted by molar-refractivity contribution is -0.0355. The predicted molar refractivity (Wildman–Crippen MR) is 57.2 cm³/mol. The van der Waals surface area contributed by atoms with E-state index in [9.17, 15) is 10.2 Å². The topological polar surface area (TPSA) is 80.5 Å². The third kappa shape index (κ3) is 1.61. The van der Waals surface area contributed by atoms with Gasteiger partial charge in [0.1, 0.15) is 18.3 Å². The maximum absolute atomic E-state index is 10.5. The van der Waals surface area contributed by atoms with E-state index < -0.39 is 23.9 Å². The molecule has 0 amide bonds.